The minimum absolute atomic E-state index is 0.0598. The molecule has 0 unspecified atom stereocenters. The maximum atomic E-state index is 14.0. The van der Waals surface area contributed by atoms with E-state index in [4.69, 9.17) is 4.74 Å². The van der Waals surface area contributed by atoms with Crippen molar-refractivity contribution in [2.24, 2.45) is 4.99 Å². The number of benzene rings is 2. The first-order valence-corrected chi connectivity index (χ1v) is 9.42. The minimum Gasteiger partial charge on any atom is -0.497 e. The molecule has 7 heteroatoms. The number of amides is 1. The number of carbonyl (C=O) groups is 1. The van der Waals surface area contributed by atoms with Gasteiger partial charge in [0, 0.05) is 38.3 Å². The Morgan fingerprint density at radius 3 is 2.32 bits per heavy atom. The second-order valence-corrected chi connectivity index (χ2v) is 6.79. The summed E-state index contributed by atoms with van der Waals surface area (Å²) >= 11 is 0. The van der Waals surface area contributed by atoms with Crippen LogP contribution in [0.4, 0.5) is 10.1 Å². The number of aliphatic imine (C=N–C) groups is 1. The summed E-state index contributed by atoms with van der Waals surface area (Å²) in [6.45, 7) is 3.94. The van der Waals surface area contributed by atoms with Crippen molar-refractivity contribution in [2.45, 2.75) is 0 Å². The average molecular weight is 382 g/mol. The summed E-state index contributed by atoms with van der Waals surface area (Å²) < 4.78 is 19.2. The maximum Gasteiger partial charge on any atom is 0.260 e. The number of nitrogens with zero attached hydrogens (tertiary/aromatic N) is 4. The van der Waals surface area contributed by atoms with Crippen molar-refractivity contribution >= 4 is 17.6 Å². The van der Waals surface area contributed by atoms with Crippen LogP contribution >= 0.6 is 0 Å². The van der Waals surface area contributed by atoms with Gasteiger partial charge in [-0.05, 0) is 36.4 Å². The van der Waals surface area contributed by atoms with Crippen LogP contribution in [-0.2, 0) is 0 Å². The summed E-state index contributed by atoms with van der Waals surface area (Å²) in [6, 6.07) is 13.9. The molecule has 0 radical (unpaired) electrons. The minimum atomic E-state index is -0.203. The first-order valence-electron chi connectivity index (χ1n) is 9.42. The highest BCUT2D eigenvalue weighted by Gasteiger charge is 2.31. The Labute approximate surface area is 163 Å². The number of halogens is 1. The Hall–Kier alpha value is -3.09. The van der Waals surface area contributed by atoms with Gasteiger partial charge in [0.1, 0.15) is 11.6 Å². The van der Waals surface area contributed by atoms with Crippen LogP contribution in [0.25, 0.3) is 0 Å². The first-order chi connectivity index (χ1) is 13.7. The van der Waals surface area contributed by atoms with Gasteiger partial charge in [0.15, 0.2) is 0 Å². The third-order valence-corrected chi connectivity index (χ3v) is 5.16. The molecule has 0 atom stereocenters. The van der Waals surface area contributed by atoms with Crippen molar-refractivity contribution in [3.8, 4) is 5.75 Å². The Balaban J connectivity index is 1.43. The molecule has 2 heterocycles. The molecule has 2 aromatic carbocycles. The van der Waals surface area contributed by atoms with Gasteiger partial charge in [-0.2, -0.15) is 0 Å². The van der Waals surface area contributed by atoms with Crippen LogP contribution in [-0.4, -0.2) is 68.0 Å². The zero-order chi connectivity index (χ0) is 19.5. The molecule has 0 spiro atoms. The van der Waals surface area contributed by atoms with Crippen LogP contribution in [0.15, 0.2) is 53.5 Å². The lowest BCUT2D eigenvalue weighted by Gasteiger charge is -2.38. The lowest BCUT2D eigenvalue weighted by molar-refractivity contribution is 0.0843. The zero-order valence-electron chi connectivity index (χ0n) is 15.8. The Kier molecular flexibility index (Phi) is 5.14. The van der Waals surface area contributed by atoms with Crippen LogP contribution in [0.5, 0.6) is 5.75 Å². The third-order valence-electron chi connectivity index (χ3n) is 5.16. The number of para-hydroxylation sites is 1. The van der Waals surface area contributed by atoms with Gasteiger partial charge in [-0.1, -0.05) is 12.1 Å². The molecule has 0 saturated carbocycles. The second-order valence-electron chi connectivity index (χ2n) is 6.79. The Morgan fingerprint density at radius 2 is 1.64 bits per heavy atom. The van der Waals surface area contributed by atoms with E-state index in [1.807, 2.05) is 11.0 Å². The van der Waals surface area contributed by atoms with Crippen LogP contribution in [0.1, 0.15) is 10.4 Å². The van der Waals surface area contributed by atoms with Gasteiger partial charge in [0.2, 0.25) is 5.96 Å². The smallest absolute Gasteiger partial charge is 0.260 e. The van der Waals surface area contributed by atoms with Crippen LogP contribution in [0.2, 0.25) is 0 Å². The maximum absolute atomic E-state index is 14.0. The van der Waals surface area contributed by atoms with E-state index in [2.05, 4.69) is 9.89 Å². The molecule has 0 aliphatic carbocycles. The molecular weight excluding hydrogens is 359 g/mol. The fourth-order valence-electron chi connectivity index (χ4n) is 3.64. The van der Waals surface area contributed by atoms with Gasteiger partial charge in [-0.3, -0.25) is 14.7 Å². The van der Waals surface area contributed by atoms with Gasteiger partial charge in [0.25, 0.3) is 5.91 Å². The fraction of sp³-hybridized carbons (Fsp3) is 0.333. The number of carbonyl (C=O) groups excluding carboxylic acids is 1. The topological polar surface area (TPSA) is 48.4 Å². The summed E-state index contributed by atoms with van der Waals surface area (Å²) in [5, 5.41) is 0. The molecule has 6 nitrogen and oxygen atoms in total. The van der Waals surface area contributed by atoms with E-state index in [0.717, 1.165) is 5.75 Å². The molecule has 2 aromatic rings. The van der Waals surface area contributed by atoms with Crippen LogP contribution in [0, 0.1) is 5.82 Å². The standard InChI is InChI=1S/C21H23FN4O2/c1-28-17-8-6-16(7-9-17)20(27)26-11-10-23-21(26)25-14-12-24(13-15-25)19-5-3-2-4-18(19)22/h2-9H,10-15H2,1H3. The molecule has 0 aromatic heterocycles. The van der Waals surface area contributed by atoms with Crippen molar-refractivity contribution in [2.75, 3.05) is 51.3 Å². The first kappa shape index (κ1) is 18.3. The predicted molar refractivity (Wildman–Crippen MR) is 107 cm³/mol. The summed E-state index contributed by atoms with van der Waals surface area (Å²) in [5.41, 5.74) is 1.24. The van der Waals surface area contributed by atoms with Crippen molar-refractivity contribution in [3.63, 3.8) is 0 Å². The number of rotatable bonds is 3. The summed E-state index contributed by atoms with van der Waals surface area (Å²) in [6.07, 6.45) is 0. The predicted octanol–water partition coefficient (Wildman–Crippen LogP) is 2.47. The van der Waals surface area contributed by atoms with Gasteiger partial charge in [0.05, 0.1) is 19.3 Å². The van der Waals surface area contributed by atoms with Crippen LogP contribution in [0.3, 0.4) is 0 Å². The van der Waals surface area contributed by atoms with E-state index in [0.29, 0.717) is 56.5 Å². The van der Waals surface area contributed by atoms with Crippen molar-refractivity contribution in [3.05, 3.63) is 59.9 Å². The quantitative estimate of drug-likeness (QED) is 0.818. The lowest BCUT2D eigenvalue weighted by Crippen LogP contribution is -2.53. The normalized spacial score (nSPS) is 16.9. The largest absolute Gasteiger partial charge is 0.497 e. The molecule has 28 heavy (non-hydrogen) atoms. The van der Waals surface area contributed by atoms with Crippen molar-refractivity contribution in [1.29, 1.82) is 0 Å². The van der Waals surface area contributed by atoms with E-state index in [-0.39, 0.29) is 11.7 Å². The average Bonchev–Trinajstić information content (AvgIpc) is 3.24. The number of ether oxygens (including phenoxy) is 1. The van der Waals surface area contributed by atoms with Crippen molar-refractivity contribution < 1.29 is 13.9 Å². The highest BCUT2D eigenvalue weighted by atomic mass is 19.1. The summed E-state index contributed by atoms with van der Waals surface area (Å²) in [5.74, 6) is 1.17. The lowest BCUT2D eigenvalue weighted by atomic mass is 10.2. The van der Waals surface area contributed by atoms with E-state index < -0.39 is 0 Å². The van der Waals surface area contributed by atoms with E-state index in [9.17, 15) is 9.18 Å². The molecule has 2 aliphatic heterocycles. The van der Waals surface area contributed by atoms with Crippen LogP contribution < -0.4 is 9.64 Å². The highest BCUT2D eigenvalue weighted by Crippen LogP contribution is 2.22. The molecule has 1 fully saturated rings. The van der Waals surface area contributed by atoms with E-state index >= 15 is 0 Å². The Bertz CT molecular complexity index is 876. The molecule has 1 amide bonds. The summed E-state index contributed by atoms with van der Waals surface area (Å²) in [7, 11) is 1.60. The number of methoxy groups -OCH3 is 1. The molecule has 1 saturated heterocycles. The monoisotopic (exact) mass is 382 g/mol. The van der Waals surface area contributed by atoms with Crippen molar-refractivity contribution in [1.82, 2.24) is 9.80 Å². The number of piperazine rings is 1. The van der Waals surface area contributed by atoms with Gasteiger partial charge >= 0.3 is 0 Å². The number of anilines is 1. The number of guanidine groups is 1. The van der Waals surface area contributed by atoms with Gasteiger partial charge in [-0.25, -0.2) is 4.39 Å². The number of hydrogen-bond acceptors (Lipinski definition) is 5. The molecule has 2 aliphatic rings. The van der Waals surface area contributed by atoms with Gasteiger partial charge in [-0.15, -0.1) is 0 Å². The molecule has 4 rings (SSSR count). The van der Waals surface area contributed by atoms with E-state index in [1.165, 1.54) is 6.07 Å². The highest BCUT2D eigenvalue weighted by molar-refractivity contribution is 6.06. The fourth-order valence-corrected chi connectivity index (χ4v) is 3.64. The molecular formula is C21H23FN4O2. The molecule has 146 valence electrons. The SMILES string of the molecule is COc1ccc(C(=O)N2CCN=C2N2CCN(c3ccccc3F)CC2)cc1. The van der Waals surface area contributed by atoms with E-state index in [1.54, 1.807) is 48.4 Å². The molecule has 0 N–H and O–H groups in total. The Morgan fingerprint density at radius 1 is 0.964 bits per heavy atom. The second kappa shape index (κ2) is 7.88. The summed E-state index contributed by atoms with van der Waals surface area (Å²) in [4.78, 5) is 23.4. The van der Waals surface area contributed by atoms with Gasteiger partial charge < -0.3 is 14.5 Å². The zero-order valence-corrected chi connectivity index (χ0v) is 15.8. The molecule has 0 bridgehead atoms. The number of hydrogen-bond donors (Lipinski definition) is 0. The third kappa shape index (κ3) is 3.52.